The molecule has 82 valence electrons. The zero-order chi connectivity index (χ0) is 11.3. The molecule has 0 unspecified atom stereocenters. The van der Waals surface area contributed by atoms with Gasteiger partial charge in [0.2, 0.25) is 0 Å². The highest BCUT2D eigenvalue weighted by atomic mass is 19.1. The Morgan fingerprint density at radius 1 is 1.73 bits per heavy atom. The number of nitrogens with zero attached hydrogens (tertiary/aromatic N) is 3. The van der Waals surface area contributed by atoms with Crippen molar-refractivity contribution in [2.75, 3.05) is 13.3 Å². The molecule has 1 rings (SSSR count). The quantitative estimate of drug-likeness (QED) is 0.538. The molecule has 1 heterocycles. The van der Waals surface area contributed by atoms with Crippen LogP contribution in [-0.4, -0.2) is 34.2 Å². The standard InChI is InChI=1S/C9H12FN3O2/c1-3-6-15-9(14)8-7(2)13(5-4-10)12-11-8/h3H,1,4-6H2,2H3. The number of ether oxygens (including phenoxy) is 1. The molecule has 0 amide bonds. The van der Waals surface area contributed by atoms with Gasteiger partial charge in [-0.05, 0) is 6.92 Å². The Balaban J connectivity index is 2.76. The summed E-state index contributed by atoms with van der Waals surface area (Å²) in [6.45, 7) is 4.71. The lowest BCUT2D eigenvalue weighted by molar-refractivity contribution is 0.0542. The summed E-state index contributed by atoms with van der Waals surface area (Å²) in [5.74, 6) is -0.572. The number of aryl methyl sites for hydroxylation is 1. The van der Waals surface area contributed by atoms with E-state index in [4.69, 9.17) is 4.74 Å². The van der Waals surface area contributed by atoms with Crippen LogP contribution in [0.25, 0.3) is 0 Å². The van der Waals surface area contributed by atoms with Crippen molar-refractivity contribution in [2.45, 2.75) is 13.5 Å². The number of rotatable bonds is 5. The molecule has 6 heteroatoms. The molecule has 0 saturated heterocycles. The lowest BCUT2D eigenvalue weighted by Crippen LogP contribution is -2.09. The van der Waals surface area contributed by atoms with Gasteiger partial charge >= 0.3 is 5.97 Å². The predicted octanol–water partition coefficient (Wildman–Crippen LogP) is 0.899. The first-order chi connectivity index (χ1) is 7.20. The van der Waals surface area contributed by atoms with Gasteiger partial charge in [-0.15, -0.1) is 5.10 Å². The van der Waals surface area contributed by atoms with E-state index in [9.17, 15) is 9.18 Å². The van der Waals surface area contributed by atoms with Crippen molar-refractivity contribution in [3.63, 3.8) is 0 Å². The first-order valence-electron chi connectivity index (χ1n) is 4.44. The van der Waals surface area contributed by atoms with Gasteiger partial charge in [-0.1, -0.05) is 17.9 Å². The molecule has 0 atom stereocenters. The van der Waals surface area contributed by atoms with Crippen LogP contribution >= 0.6 is 0 Å². The van der Waals surface area contributed by atoms with E-state index in [1.165, 1.54) is 10.8 Å². The van der Waals surface area contributed by atoms with Crippen LogP contribution in [0.3, 0.4) is 0 Å². The average Bonchev–Trinajstić information content (AvgIpc) is 2.58. The first kappa shape index (κ1) is 11.4. The van der Waals surface area contributed by atoms with Crippen LogP contribution in [0.2, 0.25) is 0 Å². The molecule has 0 spiro atoms. The van der Waals surface area contributed by atoms with Crippen molar-refractivity contribution in [1.29, 1.82) is 0 Å². The Hall–Kier alpha value is -1.72. The number of carbonyl (C=O) groups is 1. The Morgan fingerprint density at radius 2 is 2.47 bits per heavy atom. The van der Waals surface area contributed by atoms with E-state index in [2.05, 4.69) is 16.9 Å². The predicted molar refractivity (Wildman–Crippen MR) is 51.2 cm³/mol. The third kappa shape index (κ3) is 2.61. The highest BCUT2D eigenvalue weighted by Crippen LogP contribution is 2.05. The molecule has 1 aromatic rings. The summed E-state index contributed by atoms with van der Waals surface area (Å²) >= 11 is 0. The molecular weight excluding hydrogens is 201 g/mol. The number of carbonyl (C=O) groups excluding carboxylic acids is 1. The fourth-order valence-corrected chi connectivity index (χ4v) is 1.04. The van der Waals surface area contributed by atoms with Crippen LogP contribution in [0.1, 0.15) is 16.2 Å². The van der Waals surface area contributed by atoms with E-state index in [0.29, 0.717) is 5.69 Å². The highest BCUT2D eigenvalue weighted by Gasteiger charge is 2.16. The SMILES string of the molecule is C=CCOC(=O)c1nnn(CCF)c1C. The minimum atomic E-state index is -0.572. The smallest absolute Gasteiger partial charge is 0.361 e. The van der Waals surface area contributed by atoms with Crippen LogP contribution in [0.15, 0.2) is 12.7 Å². The number of esters is 1. The van der Waals surface area contributed by atoms with E-state index in [1.807, 2.05) is 0 Å². The summed E-state index contributed by atoms with van der Waals surface area (Å²) in [5, 5.41) is 7.26. The topological polar surface area (TPSA) is 57.0 Å². The number of halogens is 1. The first-order valence-corrected chi connectivity index (χ1v) is 4.44. The van der Waals surface area contributed by atoms with Gasteiger partial charge < -0.3 is 4.74 Å². The van der Waals surface area contributed by atoms with Crippen LogP contribution in [-0.2, 0) is 11.3 Å². The maximum absolute atomic E-state index is 12.1. The van der Waals surface area contributed by atoms with Crippen molar-refractivity contribution in [1.82, 2.24) is 15.0 Å². The molecule has 0 bridgehead atoms. The number of hydrogen-bond donors (Lipinski definition) is 0. The van der Waals surface area contributed by atoms with E-state index in [1.54, 1.807) is 6.92 Å². The molecule has 0 aliphatic rings. The zero-order valence-electron chi connectivity index (χ0n) is 8.44. The number of aromatic nitrogens is 3. The van der Waals surface area contributed by atoms with E-state index < -0.39 is 12.6 Å². The summed E-state index contributed by atoms with van der Waals surface area (Å²) in [6, 6.07) is 0. The summed E-state index contributed by atoms with van der Waals surface area (Å²) in [4.78, 5) is 11.4. The Kier molecular flexibility index (Phi) is 3.96. The second-order valence-electron chi connectivity index (χ2n) is 2.82. The van der Waals surface area contributed by atoms with Crippen molar-refractivity contribution >= 4 is 5.97 Å². The molecule has 0 aliphatic carbocycles. The van der Waals surface area contributed by atoms with E-state index in [0.717, 1.165) is 0 Å². The van der Waals surface area contributed by atoms with Crippen LogP contribution < -0.4 is 0 Å². The largest absolute Gasteiger partial charge is 0.457 e. The van der Waals surface area contributed by atoms with Crippen molar-refractivity contribution in [3.05, 3.63) is 24.0 Å². The molecule has 0 N–H and O–H groups in total. The zero-order valence-corrected chi connectivity index (χ0v) is 8.44. The van der Waals surface area contributed by atoms with Crippen LogP contribution in [0.5, 0.6) is 0 Å². The molecule has 0 aromatic carbocycles. The maximum atomic E-state index is 12.1. The minimum Gasteiger partial charge on any atom is -0.457 e. The third-order valence-electron chi connectivity index (χ3n) is 1.80. The number of hydrogen-bond acceptors (Lipinski definition) is 4. The summed E-state index contributed by atoms with van der Waals surface area (Å²) in [7, 11) is 0. The summed E-state index contributed by atoms with van der Waals surface area (Å²) in [5.41, 5.74) is 0.618. The molecule has 15 heavy (non-hydrogen) atoms. The van der Waals surface area contributed by atoms with Crippen molar-refractivity contribution in [2.24, 2.45) is 0 Å². The fourth-order valence-electron chi connectivity index (χ4n) is 1.04. The third-order valence-corrected chi connectivity index (χ3v) is 1.80. The van der Waals surface area contributed by atoms with Gasteiger partial charge in [-0.2, -0.15) is 0 Å². The normalized spacial score (nSPS) is 10.0. The summed E-state index contributed by atoms with van der Waals surface area (Å²) in [6.07, 6.45) is 1.46. The molecule has 0 aliphatic heterocycles. The minimum absolute atomic E-state index is 0.0908. The van der Waals surface area contributed by atoms with E-state index in [-0.39, 0.29) is 18.8 Å². The molecule has 1 aromatic heterocycles. The Morgan fingerprint density at radius 3 is 3.07 bits per heavy atom. The second-order valence-corrected chi connectivity index (χ2v) is 2.82. The van der Waals surface area contributed by atoms with E-state index >= 15 is 0 Å². The number of alkyl halides is 1. The molecule has 0 saturated carbocycles. The molecule has 5 nitrogen and oxygen atoms in total. The molecule has 0 fully saturated rings. The van der Waals surface area contributed by atoms with Crippen LogP contribution in [0, 0.1) is 6.92 Å². The summed E-state index contributed by atoms with van der Waals surface area (Å²) < 4.78 is 18.2. The Labute approximate surface area is 86.5 Å². The van der Waals surface area contributed by atoms with Gasteiger partial charge in [0.15, 0.2) is 5.69 Å². The maximum Gasteiger partial charge on any atom is 0.361 e. The fraction of sp³-hybridized carbons (Fsp3) is 0.444. The van der Waals surface area contributed by atoms with Gasteiger partial charge in [0.1, 0.15) is 13.3 Å². The van der Waals surface area contributed by atoms with Crippen molar-refractivity contribution < 1.29 is 13.9 Å². The van der Waals surface area contributed by atoms with Gasteiger partial charge in [0.25, 0.3) is 0 Å². The molecule has 0 radical (unpaired) electrons. The molecular formula is C9H12FN3O2. The van der Waals surface area contributed by atoms with Gasteiger partial charge in [0, 0.05) is 0 Å². The Bertz CT molecular complexity index is 362. The lowest BCUT2D eigenvalue weighted by Gasteiger charge is -2.00. The van der Waals surface area contributed by atoms with Gasteiger partial charge in [-0.3, -0.25) is 0 Å². The van der Waals surface area contributed by atoms with Gasteiger partial charge in [0.05, 0.1) is 12.2 Å². The second kappa shape index (κ2) is 5.23. The lowest BCUT2D eigenvalue weighted by atomic mass is 10.3. The van der Waals surface area contributed by atoms with Crippen molar-refractivity contribution in [3.8, 4) is 0 Å². The average molecular weight is 213 g/mol. The highest BCUT2D eigenvalue weighted by molar-refractivity contribution is 5.88. The van der Waals surface area contributed by atoms with Crippen LogP contribution in [0.4, 0.5) is 4.39 Å². The monoisotopic (exact) mass is 213 g/mol. The van der Waals surface area contributed by atoms with Gasteiger partial charge in [-0.25, -0.2) is 13.9 Å².